The van der Waals surface area contributed by atoms with Gasteiger partial charge in [-0.3, -0.25) is 4.98 Å². The maximum atomic E-state index is 5.62. The molecule has 0 aliphatic heterocycles. The Morgan fingerprint density at radius 1 is 1.10 bits per heavy atom. The molecular formula is C17H22N2O2. The average Bonchev–Trinajstić information content (AvgIpc) is 2.45. The van der Waals surface area contributed by atoms with E-state index in [-0.39, 0.29) is 6.10 Å². The average molecular weight is 286 g/mol. The van der Waals surface area contributed by atoms with Gasteiger partial charge in [0.2, 0.25) is 0 Å². The van der Waals surface area contributed by atoms with Crippen LogP contribution in [0.1, 0.15) is 25.2 Å². The zero-order valence-corrected chi connectivity index (χ0v) is 13.0. The van der Waals surface area contributed by atoms with E-state index in [1.54, 1.807) is 7.11 Å². The first-order valence-corrected chi connectivity index (χ1v) is 7.09. The fourth-order valence-corrected chi connectivity index (χ4v) is 2.03. The number of hydrogen-bond donors (Lipinski definition) is 1. The van der Waals surface area contributed by atoms with E-state index in [1.807, 2.05) is 57.2 Å². The molecule has 0 radical (unpaired) electrons. The Morgan fingerprint density at radius 3 is 2.43 bits per heavy atom. The Morgan fingerprint density at radius 2 is 1.81 bits per heavy atom. The Kier molecular flexibility index (Phi) is 5.04. The van der Waals surface area contributed by atoms with E-state index in [1.165, 1.54) is 0 Å². The number of nitrogens with zero attached hydrogens (tertiary/aromatic N) is 1. The van der Waals surface area contributed by atoms with Gasteiger partial charge in [-0.15, -0.1) is 0 Å². The van der Waals surface area contributed by atoms with Crippen molar-refractivity contribution in [1.82, 2.24) is 4.98 Å². The fourth-order valence-electron chi connectivity index (χ4n) is 2.03. The van der Waals surface area contributed by atoms with Crippen LogP contribution in [0.5, 0.6) is 11.5 Å². The highest BCUT2D eigenvalue weighted by Crippen LogP contribution is 2.18. The van der Waals surface area contributed by atoms with Gasteiger partial charge in [-0.05, 0) is 45.0 Å². The molecule has 4 nitrogen and oxygen atoms in total. The Labute approximate surface area is 126 Å². The molecule has 0 unspecified atom stereocenters. The van der Waals surface area contributed by atoms with Crippen LogP contribution >= 0.6 is 0 Å². The number of anilines is 1. The molecule has 0 atom stereocenters. The van der Waals surface area contributed by atoms with Crippen LogP contribution in [0.25, 0.3) is 0 Å². The standard InChI is InChI=1S/C17H22N2O2/c1-12(2)21-16-7-5-14(6-8-16)18-11-15-10-17(20-4)9-13(3)19-15/h5-10,12,18H,11H2,1-4H3. The summed E-state index contributed by atoms with van der Waals surface area (Å²) in [5.41, 5.74) is 2.94. The van der Waals surface area contributed by atoms with Crippen molar-refractivity contribution in [2.75, 3.05) is 12.4 Å². The van der Waals surface area contributed by atoms with Crippen LogP contribution in [-0.2, 0) is 6.54 Å². The molecule has 0 aliphatic carbocycles. The molecule has 2 aromatic rings. The lowest BCUT2D eigenvalue weighted by Gasteiger charge is -2.11. The number of aryl methyl sites for hydroxylation is 1. The lowest BCUT2D eigenvalue weighted by molar-refractivity contribution is 0.242. The van der Waals surface area contributed by atoms with Gasteiger partial charge < -0.3 is 14.8 Å². The predicted octanol–water partition coefficient (Wildman–Crippen LogP) is 3.80. The second-order valence-electron chi connectivity index (χ2n) is 5.18. The van der Waals surface area contributed by atoms with E-state index >= 15 is 0 Å². The molecule has 0 amide bonds. The maximum Gasteiger partial charge on any atom is 0.122 e. The second-order valence-corrected chi connectivity index (χ2v) is 5.18. The van der Waals surface area contributed by atoms with Crippen molar-refractivity contribution < 1.29 is 9.47 Å². The lowest BCUT2D eigenvalue weighted by atomic mass is 10.2. The van der Waals surface area contributed by atoms with Crippen LogP contribution in [-0.4, -0.2) is 18.2 Å². The second kappa shape index (κ2) is 6.97. The summed E-state index contributed by atoms with van der Waals surface area (Å²) >= 11 is 0. The van der Waals surface area contributed by atoms with Crippen molar-refractivity contribution in [2.24, 2.45) is 0 Å². The molecule has 0 spiro atoms. The molecule has 0 bridgehead atoms. The zero-order chi connectivity index (χ0) is 15.2. The first-order valence-electron chi connectivity index (χ1n) is 7.09. The maximum absolute atomic E-state index is 5.62. The van der Waals surface area contributed by atoms with E-state index < -0.39 is 0 Å². The molecule has 2 rings (SSSR count). The zero-order valence-electron chi connectivity index (χ0n) is 13.0. The quantitative estimate of drug-likeness (QED) is 0.877. The van der Waals surface area contributed by atoms with Crippen molar-refractivity contribution in [3.63, 3.8) is 0 Å². The van der Waals surface area contributed by atoms with Crippen LogP contribution < -0.4 is 14.8 Å². The van der Waals surface area contributed by atoms with E-state index in [4.69, 9.17) is 9.47 Å². The van der Waals surface area contributed by atoms with Crippen molar-refractivity contribution in [2.45, 2.75) is 33.4 Å². The number of methoxy groups -OCH3 is 1. The number of nitrogens with one attached hydrogen (secondary N) is 1. The number of pyridine rings is 1. The number of benzene rings is 1. The molecule has 0 fully saturated rings. The van der Waals surface area contributed by atoms with Crippen molar-refractivity contribution in [1.29, 1.82) is 0 Å². The van der Waals surface area contributed by atoms with E-state index in [0.29, 0.717) is 6.54 Å². The first-order chi connectivity index (χ1) is 10.1. The van der Waals surface area contributed by atoms with Gasteiger partial charge >= 0.3 is 0 Å². The van der Waals surface area contributed by atoms with Gasteiger partial charge in [-0.1, -0.05) is 0 Å². The van der Waals surface area contributed by atoms with Crippen LogP contribution in [0.15, 0.2) is 36.4 Å². The summed E-state index contributed by atoms with van der Waals surface area (Å²) in [5.74, 6) is 1.71. The summed E-state index contributed by atoms with van der Waals surface area (Å²) in [6.45, 7) is 6.65. The van der Waals surface area contributed by atoms with E-state index in [2.05, 4.69) is 10.3 Å². The summed E-state index contributed by atoms with van der Waals surface area (Å²) in [5, 5.41) is 3.35. The van der Waals surface area contributed by atoms with Gasteiger partial charge in [-0.25, -0.2) is 0 Å². The van der Waals surface area contributed by atoms with Crippen LogP contribution in [0.3, 0.4) is 0 Å². The third-order valence-corrected chi connectivity index (χ3v) is 2.92. The molecule has 4 heteroatoms. The predicted molar refractivity (Wildman–Crippen MR) is 85.1 cm³/mol. The fraction of sp³-hybridized carbons (Fsp3) is 0.353. The van der Waals surface area contributed by atoms with Crippen LogP contribution in [0, 0.1) is 6.92 Å². The largest absolute Gasteiger partial charge is 0.497 e. The number of ether oxygens (including phenoxy) is 2. The highest BCUT2D eigenvalue weighted by Gasteiger charge is 2.02. The normalized spacial score (nSPS) is 10.5. The first kappa shape index (κ1) is 15.2. The molecular weight excluding hydrogens is 264 g/mol. The summed E-state index contributed by atoms with van der Waals surface area (Å²) in [6, 6.07) is 11.8. The summed E-state index contributed by atoms with van der Waals surface area (Å²) < 4.78 is 10.9. The highest BCUT2D eigenvalue weighted by atomic mass is 16.5. The monoisotopic (exact) mass is 286 g/mol. The van der Waals surface area contributed by atoms with Crippen LogP contribution in [0.2, 0.25) is 0 Å². The minimum absolute atomic E-state index is 0.188. The number of hydrogen-bond acceptors (Lipinski definition) is 4. The van der Waals surface area contributed by atoms with Crippen molar-refractivity contribution >= 4 is 5.69 Å². The molecule has 1 aromatic carbocycles. The van der Waals surface area contributed by atoms with Gasteiger partial charge in [0.1, 0.15) is 11.5 Å². The third kappa shape index (κ3) is 4.67. The van der Waals surface area contributed by atoms with Gasteiger partial charge in [0.15, 0.2) is 0 Å². The molecule has 0 saturated heterocycles. The SMILES string of the molecule is COc1cc(C)nc(CNc2ccc(OC(C)C)cc2)c1. The van der Waals surface area contributed by atoms with Crippen LogP contribution in [0.4, 0.5) is 5.69 Å². The minimum atomic E-state index is 0.188. The molecule has 1 aromatic heterocycles. The molecule has 21 heavy (non-hydrogen) atoms. The Hall–Kier alpha value is -2.23. The lowest BCUT2D eigenvalue weighted by Crippen LogP contribution is -2.06. The Bertz CT molecular complexity index is 580. The van der Waals surface area contributed by atoms with Gasteiger partial charge in [0.05, 0.1) is 25.5 Å². The van der Waals surface area contributed by atoms with Crippen molar-refractivity contribution in [3.8, 4) is 11.5 Å². The summed E-state index contributed by atoms with van der Waals surface area (Å²) in [6.07, 6.45) is 0.188. The van der Waals surface area contributed by atoms with Gasteiger partial charge in [0, 0.05) is 23.5 Å². The molecule has 1 heterocycles. The Balaban J connectivity index is 1.98. The molecule has 112 valence electrons. The number of rotatable bonds is 6. The third-order valence-electron chi connectivity index (χ3n) is 2.92. The van der Waals surface area contributed by atoms with E-state index in [9.17, 15) is 0 Å². The van der Waals surface area contributed by atoms with Gasteiger partial charge in [-0.2, -0.15) is 0 Å². The highest BCUT2D eigenvalue weighted by molar-refractivity contribution is 5.46. The topological polar surface area (TPSA) is 43.4 Å². The minimum Gasteiger partial charge on any atom is -0.497 e. The smallest absolute Gasteiger partial charge is 0.122 e. The molecule has 0 saturated carbocycles. The molecule has 0 aliphatic rings. The summed E-state index contributed by atoms with van der Waals surface area (Å²) in [7, 11) is 1.67. The van der Waals surface area contributed by atoms with Gasteiger partial charge in [0.25, 0.3) is 0 Å². The molecule has 1 N–H and O–H groups in total. The summed E-state index contributed by atoms with van der Waals surface area (Å²) in [4.78, 5) is 4.49. The van der Waals surface area contributed by atoms with E-state index in [0.717, 1.165) is 28.6 Å². The number of aromatic nitrogens is 1. The van der Waals surface area contributed by atoms with Crippen molar-refractivity contribution in [3.05, 3.63) is 47.8 Å².